The molecule has 2 aromatic rings. The van der Waals surface area contributed by atoms with Gasteiger partial charge in [-0.1, -0.05) is 28.1 Å². The van der Waals surface area contributed by atoms with Gasteiger partial charge in [0.15, 0.2) is 0 Å². The topological polar surface area (TPSA) is 97.4 Å². The van der Waals surface area contributed by atoms with E-state index in [1.165, 1.54) is 7.11 Å². The van der Waals surface area contributed by atoms with Crippen molar-refractivity contribution >= 4 is 39.4 Å². The molecule has 1 heterocycles. The number of aryl methyl sites for hydroxylation is 1. The molecule has 0 spiro atoms. The molecule has 1 aromatic heterocycles. The summed E-state index contributed by atoms with van der Waals surface area (Å²) in [6, 6.07) is 9.94. The van der Waals surface area contributed by atoms with Crippen molar-refractivity contribution in [1.29, 1.82) is 0 Å². The molecule has 0 aliphatic heterocycles. The summed E-state index contributed by atoms with van der Waals surface area (Å²) in [6.45, 7) is 5.41. The minimum atomic E-state index is -0.650. The molecule has 1 atom stereocenters. The number of amides is 2. The second kappa shape index (κ2) is 9.45. The standard InChI is InChI=1S/C20H22BrN3O4/c1-11(2)22-19(26)17-15(9-8-12(3)23-17)18(25)24-14-7-5-6-13(10-14)16(21)20(27)28-4/h5-11,16H,1-4H3,(H,22,26)(H,24,25). The van der Waals surface area contributed by atoms with Crippen LogP contribution in [0.5, 0.6) is 0 Å². The van der Waals surface area contributed by atoms with E-state index in [1.54, 1.807) is 43.3 Å². The lowest BCUT2D eigenvalue weighted by Crippen LogP contribution is -2.33. The Labute approximate surface area is 172 Å². The van der Waals surface area contributed by atoms with Crippen molar-refractivity contribution in [1.82, 2.24) is 10.3 Å². The average molecular weight is 448 g/mol. The van der Waals surface area contributed by atoms with Crippen LogP contribution in [0, 0.1) is 6.92 Å². The average Bonchev–Trinajstić information content (AvgIpc) is 2.66. The Balaban J connectivity index is 2.28. The minimum Gasteiger partial charge on any atom is -0.468 e. The van der Waals surface area contributed by atoms with Crippen LogP contribution in [0.25, 0.3) is 0 Å². The lowest BCUT2D eigenvalue weighted by atomic mass is 10.1. The zero-order chi connectivity index (χ0) is 20.8. The molecule has 0 aliphatic rings. The number of methoxy groups -OCH3 is 1. The molecule has 2 N–H and O–H groups in total. The van der Waals surface area contributed by atoms with Crippen molar-refractivity contribution in [2.45, 2.75) is 31.6 Å². The number of hydrogen-bond acceptors (Lipinski definition) is 5. The highest BCUT2D eigenvalue weighted by atomic mass is 79.9. The van der Waals surface area contributed by atoms with Crippen LogP contribution >= 0.6 is 15.9 Å². The second-order valence-corrected chi connectivity index (χ2v) is 7.36. The number of nitrogens with zero attached hydrogens (tertiary/aromatic N) is 1. The summed E-state index contributed by atoms with van der Waals surface area (Å²) in [4.78, 5) is 40.5. The monoisotopic (exact) mass is 447 g/mol. The van der Waals surface area contributed by atoms with Gasteiger partial charge in [-0.15, -0.1) is 0 Å². The number of carbonyl (C=O) groups excluding carboxylic acids is 3. The first-order valence-corrected chi connectivity index (χ1v) is 9.56. The summed E-state index contributed by atoms with van der Waals surface area (Å²) in [5, 5.41) is 5.50. The predicted octanol–water partition coefficient (Wildman–Crippen LogP) is 3.39. The Hall–Kier alpha value is -2.74. The fourth-order valence-corrected chi connectivity index (χ4v) is 2.93. The first-order valence-electron chi connectivity index (χ1n) is 8.64. The highest BCUT2D eigenvalue weighted by molar-refractivity contribution is 9.09. The van der Waals surface area contributed by atoms with Crippen LogP contribution in [0.3, 0.4) is 0 Å². The number of halogens is 1. The van der Waals surface area contributed by atoms with Crippen LogP contribution in [0.1, 0.15) is 50.8 Å². The van der Waals surface area contributed by atoms with Crippen molar-refractivity contribution in [3.63, 3.8) is 0 Å². The largest absolute Gasteiger partial charge is 0.468 e. The van der Waals surface area contributed by atoms with E-state index >= 15 is 0 Å². The third-order valence-corrected chi connectivity index (χ3v) is 4.66. The molecule has 0 aliphatic carbocycles. The fourth-order valence-electron chi connectivity index (χ4n) is 2.46. The van der Waals surface area contributed by atoms with Crippen LogP contribution in [-0.4, -0.2) is 35.9 Å². The quantitative estimate of drug-likeness (QED) is 0.522. The second-order valence-electron chi connectivity index (χ2n) is 6.44. The summed E-state index contributed by atoms with van der Waals surface area (Å²) in [6.07, 6.45) is 0. The van der Waals surface area contributed by atoms with Crippen molar-refractivity contribution < 1.29 is 19.1 Å². The Morgan fingerprint density at radius 1 is 1.11 bits per heavy atom. The van der Waals surface area contributed by atoms with Gasteiger partial charge in [0, 0.05) is 17.4 Å². The Morgan fingerprint density at radius 2 is 1.82 bits per heavy atom. The van der Waals surface area contributed by atoms with E-state index in [0.717, 1.165) is 0 Å². The van der Waals surface area contributed by atoms with Gasteiger partial charge in [0.05, 0.1) is 12.7 Å². The van der Waals surface area contributed by atoms with E-state index in [9.17, 15) is 14.4 Å². The number of rotatable bonds is 6. The van der Waals surface area contributed by atoms with Crippen LogP contribution in [0.4, 0.5) is 5.69 Å². The normalized spacial score (nSPS) is 11.6. The number of nitrogens with one attached hydrogen (secondary N) is 2. The number of carbonyl (C=O) groups is 3. The molecule has 7 nitrogen and oxygen atoms in total. The van der Waals surface area contributed by atoms with E-state index in [1.807, 2.05) is 13.8 Å². The van der Waals surface area contributed by atoms with Gasteiger partial charge in [-0.2, -0.15) is 0 Å². The van der Waals surface area contributed by atoms with Gasteiger partial charge in [-0.3, -0.25) is 14.4 Å². The Bertz CT molecular complexity index is 899. The number of anilines is 1. The van der Waals surface area contributed by atoms with Gasteiger partial charge in [0.2, 0.25) is 0 Å². The van der Waals surface area contributed by atoms with E-state index in [2.05, 4.69) is 31.5 Å². The summed E-state index contributed by atoms with van der Waals surface area (Å²) in [5.74, 6) is -1.33. The zero-order valence-corrected chi connectivity index (χ0v) is 17.7. The molecule has 28 heavy (non-hydrogen) atoms. The fraction of sp³-hybridized carbons (Fsp3) is 0.300. The van der Waals surface area contributed by atoms with Gasteiger partial charge in [0.1, 0.15) is 10.5 Å². The van der Waals surface area contributed by atoms with Gasteiger partial charge in [0.25, 0.3) is 11.8 Å². The summed E-state index contributed by atoms with van der Waals surface area (Å²) >= 11 is 3.27. The summed E-state index contributed by atoms with van der Waals surface area (Å²) < 4.78 is 4.72. The number of alkyl halides is 1. The molecule has 2 amide bonds. The number of aromatic nitrogens is 1. The lowest BCUT2D eigenvalue weighted by Gasteiger charge is -2.13. The lowest BCUT2D eigenvalue weighted by molar-refractivity contribution is -0.139. The van der Waals surface area contributed by atoms with Crippen LogP contribution in [-0.2, 0) is 9.53 Å². The van der Waals surface area contributed by atoms with Gasteiger partial charge >= 0.3 is 5.97 Å². The van der Waals surface area contributed by atoms with E-state index < -0.39 is 22.6 Å². The van der Waals surface area contributed by atoms with Crippen LogP contribution in [0.2, 0.25) is 0 Å². The van der Waals surface area contributed by atoms with E-state index in [0.29, 0.717) is 16.9 Å². The van der Waals surface area contributed by atoms with E-state index in [-0.39, 0.29) is 17.3 Å². The van der Waals surface area contributed by atoms with Crippen LogP contribution < -0.4 is 10.6 Å². The maximum Gasteiger partial charge on any atom is 0.323 e. The molecule has 1 unspecified atom stereocenters. The molecule has 148 valence electrons. The maximum atomic E-state index is 12.8. The SMILES string of the molecule is COC(=O)C(Br)c1cccc(NC(=O)c2ccc(C)nc2C(=O)NC(C)C)c1. The number of benzene rings is 1. The predicted molar refractivity (Wildman–Crippen MR) is 110 cm³/mol. The van der Waals surface area contributed by atoms with E-state index in [4.69, 9.17) is 4.74 Å². The van der Waals surface area contributed by atoms with Crippen LogP contribution in [0.15, 0.2) is 36.4 Å². The first kappa shape index (κ1) is 21.6. The molecule has 0 fully saturated rings. The Kier molecular flexibility index (Phi) is 7.28. The van der Waals surface area contributed by atoms with Gasteiger partial charge < -0.3 is 15.4 Å². The Morgan fingerprint density at radius 3 is 2.46 bits per heavy atom. The molecule has 8 heteroatoms. The first-order chi connectivity index (χ1) is 13.2. The van der Waals surface area contributed by atoms with Crippen molar-refractivity contribution in [3.05, 3.63) is 58.9 Å². The third kappa shape index (κ3) is 5.39. The minimum absolute atomic E-state index is 0.0651. The van der Waals surface area contributed by atoms with Crippen molar-refractivity contribution in [2.75, 3.05) is 12.4 Å². The molecule has 0 bridgehead atoms. The number of ether oxygens (including phenoxy) is 1. The molecule has 2 rings (SSSR count). The third-order valence-electron chi connectivity index (χ3n) is 3.76. The number of hydrogen-bond donors (Lipinski definition) is 2. The summed E-state index contributed by atoms with van der Waals surface area (Å²) in [7, 11) is 1.30. The molecular weight excluding hydrogens is 426 g/mol. The van der Waals surface area contributed by atoms with Gasteiger partial charge in [-0.25, -0.2) is 4.98 Å². The number of esters is 1. The maximum absolute atomic E-state index is 12.8. The number of pyridine rings is 1. The molecular formula is C20H22BrN3O4. The zero-order valence-electron chi connectivity index (χ0n) is 16.1. The molecule has 0 saturated heterocycles. The molecule has 0 saturated carbocycles. The van der Waals surface area contributed by atoms with Crippen molar-refractivity contribution in [2.24, 2.45) is 0 Å². The molecule has 0 radical (unpaired) electrons. The summed E-state index contributed by atoms with van der Waals surface area (Å²) in [5.41, 5.74) is 1.97. The highest BCUT2D eigenvalue weighted by Gasteiger charge is 2.21. The smallest absolute Gasteiger partial charge is 0.323 e. The highest BCUT2D eigenvalue weighted by Crippen LogP contribution is 2.26. The molecule has 1 aromatic carbocycles. The van der Waals surface area contributed by atoms with Gasteiger partial charge in [-0.05, 0) is 50.6 Å². The van der Waals surface area contributed by atoms with Crippen molar-refractivity contribution in [3.8, 4) is 0 Å².